The monoisotopic (exact) mass is 280 g/mol. The Morgan fingerprint density at radius 3 is 2.70 bits per heavy atom. The van der Waals surface area contributed by atoms with E-state index in [0.29, 0.717) is 5.56 Å². The van der Waals surface area contributed by atoms with Crippen molar-refractivity contribution in [2.75, 3.05) is 0 Å². The molecular weight excluding hydrogens is 260 g/mol. The zero-order valence-corrected chi connectivity index (χ0v) is 11.7. The van der Waals surface area contributed by atoms with Crippen LogP contribution in [0.5, 0.6) is 11.5 Å². The molecule has 0 amide bonds. The number of Topliss-reactive ketones (excluding diaryl/α,β-unsaturated/α-hetero) is 1. The van der Waals surface area contributed by atoms with Crippen LogP contribution in [0.1, 0.15) is 42.1 Å². The SMILES string of the molecule is Cc1c(O)ccc(C(=O)C[C@@H]2CC[C@H]([C@H](C)O)O2)c1O. The molecule has 1 aliphatic rings. The summed E-state index contributed by atoms with van der Waals surface area (Å²) < 4.78 is 5.61. The number of rotatable bonds is 4. The Kier molecular flexibility index (Phi) is 4.30. The van der Waals surface area contributed by atoms with Crippen LogP contribution >= 0.6 is 0 Å². The third-order valence-electron chi connectivity index (χ3n) is 3.79. The lowest BCUT2D eigenvalue weighted by molar-refractivity contribution is -0.0265. The van der Waals surface area contributed by atoms with Gasteiger partial charge in [0, 0.05) is 12.0 Å². The van der Waals surface area contributed by atoms with E-state index in [1.54, 1.807) is 13.8 Å². The number of hydrogen-bond donors (Lipinski definition) is 3. The number of phenolic OH excluding ortho intramolecular Hbond substituents is 2. The first-order valence-corrected chi connectivity index (χ1v) is 6.78. The fraction of sp³-hybridized carbons (Fsp3) is 0.533. The van der Waals surface area contributed by atoms with Crippen LogP contribution in [0.15, 0.2) is 12.1 Å². The van der Waals surface area contributed by atoms with E-state index in [1.807, 2.05) is 0 Å². The normalized spacial score (nSPS) is 23.8. The first kappa shape index (κ1) is 14.8. The molecule has 0 spiro atoms. The lowest BCUT2D eigenvalue weighted by atomic mass is 10.00. The van der Waals surface area contributed by atoms with E-state index in [9.17, 15) is 20.1 Å². The molecular formula is C15H20O5. The van der Waals surface area contributed by atoms with Crippen molar-refractivity contribution in [3.8, 4) is 11.5 Å². The molecule has 0 aromatic heterocycles. The van der Waals surface area contributed by atoms with Crippen molar-refractivity contribution in [1.82, 2.24) is 0 Å². The number of hydrogen-bond acceptors (Lipinski definition) is 5. The Morgan fingerprint density at radius 1 is 1.40 bits per heavy atom. The van der Waals surface area contributed by atoms with Gasteiger partial charge in [0.15, 0.2) is 5.78 Å². The van der Waals surface area contributed by atoms with Crippen molar-refractivity contribution in [2.24, 2.45) is 0 Å². The topological polar surface area (TPSA) is 87.0 Å². The Morgan fingerprint density at radius 2 is 2.10 bits per heavy atom. The number of ketones is 1. The summed E-state index contributed by atoms with van der Waals surface area (Å²) in [7, 11) is 0. The van der Waals surface area contributed by atoms with Gasteiger partial charge in [-0.2, -0.15) is 0 Å². The first-order valence-electron chi connectivity index (χ1n) is 6.78. The molecule has 0 aliphatic carbocycles. The molecule has 2 rings (SSSR count). The molecule has 0 radical (unpaired) electrons. The minimum absolute atomic E-state index is 0.0367. The standard InChI is InChI=1S/C15H20O5/c1-8-12(17)5-4-11(15(8)19)13(18)7-10-3-6-14(20-10)9(2)16/h4-5,9-10,14,16-17,19H,3,6-7H2,1-2H3/t9-,10-,14+/m0/s1. The summed E-state index contributed by atoms with van der Waals surface area (Å²) in [5.74, 6) is -0.438. The largest absolute Gasteiger partial charge is 0.508 e. The maximum atomic E-state index is 12.2. The number of aliphatic hydroxyl groups excluding tert-OH is 1. The van der Waals surface area contributed by atoms with Gasteiger partial charge in [-0.05, 0) is 38.8 Å². The van der Waals surface area contributed by atoms with Gasteiger partial charge >= 0.3 is 0 Å². The Balaban J connectivity index is 2.05. The molecule has 0 saturated carbocycles. The van der Waals surface area contributed by atoms with E-state index in [4.69, 9.17) is 4.74 Å². The molecule has 1 saturated heterocycles. The molecule has 1 aromatic rings. The van der Waals surface area contributed by atoms with Crippen LogP contribution in [0.2, 0.25) is 0 Å². The van der Waals surface area contributed by atoms with Crippen LogP contribution in [-0.2, 0) is 4.74 Å². The number of ether oxygens (including phenoxy) is 1. The average Bonchev–Trinajstić information content (AvgIpc) is 2.84. The van der Waals surface area contributed by atoms with Crippen molar-refractivity contribution in [3.05, 3.63) is 23.3 Å². The summed E-state index contributed by atoms with van der Waals surface area (Å²) >= 11 is 0. The zero-order valence-electron chi connectivity index (χ0n) is 11.7. The number of phenols is 2. The number of benzene rings is 1. The second-order valence-electron chi connectivity index (χ2n) is 5.35. The zero-order chi connectivity index (χ0) is 14.9. The minimum Gasteiger partial charge on any atom is -0.508 e. The van der Waals surface area contributed by atoms with E-state index in [2.05, 4.69) is 0 Å². The lowest BCUT2D eigenvalue weighted by Crippen LogP contribution is -2.24. The smallest absolute Gasteiger partial charge is 0.169 e. The third kappa shape index (κ3) is 2.94. The highest BCUT2D eigenvalue weighted by molar-refractivity contribution is 5.99. The molecule has 5 nitrogen and oxygen atoms in total. The summed E-state index contributed by atoms with van der Waals surface area (Å²) in [4.78, 5) is 12.2. The van der Waals surface area contributed by atoms with Crippen molar-refractivity contribution >= 4 is 5.78 Å². The van der Waals surface area contributed by atoms with Gasteiger partial charge in [0.2, 0.25) is 0 Å². The van der Waals surface area contributed by atoms with E-state index in [1.165, 1.54) is 12.1 Å². The summed E-state index contributed by atoms with van der Waals surface area (Å²) in [6, 6.07) is 2.82. The van der Waals surface area contributed by atoms with Gasteiger partial charge in [-0.25, -0.2) is 0 Å². The van der Waals surface area contributed by atoms with Gasteiger partial charge < -0.3 is 20.1 Å². The van der Waals surface area contributed by atoms with E-state index >= 15 is 0 Å². The summed E-state index contributed by atoms with van der Waals surface area (Å²) in [5, 5.41) is 28.8. The predicted octanol–water partition coefficient (Wildman–Crippen LogP) is 1.91. The molecule has 0 bridgehead atoms. The number of carbonyl (C=O) groups excluding carboxylic acids is 1. The Labute approximate surface area is 117 Å². The fourth-order valence-corrected chi connectivity index (χ4v) is 2.47. The molecule has 110 valence electrons. The summed E-state index contributed by atoms with van der Waals surface area (Å²) in [6.07, 6.45) is 0.633. The molecule has 5 heteroatoms. The van der Waals surface area contributed by atoms with Gasteiger partial charge in [-0.1, -0.05) is 0 Å². The van der Waals surface area contributed by atoms with Crippen molar-refractivity contribution in [2.45, 2.75) is 51.4 Å². The predicted molar refractivity (Wildman–Crippen MR) is 73.0 cm³/mol. The van der Waals surface area contributed by atoms with Crippen LogP contribution in [-0.4, -0.2) is 39.4 Å². The molecule has 3 atom stereocenters. The third-order valence-corrected chi connectivity index (χ3v) is 3.79. The minimum atomic E-state index is -0.542. The highest BCUT2D eigenvalue weighted by Gasteiger charge is 2.30. The number of aliphatic hydroxyl groups is 1. The number of aromatic hydroxyl groups is 2. The Hall–Kier alpha value is -1.59. The fourth-order valence-electron chi connectivity index (χ4n) is 2.47. The maximum Gasteiger partial charge on any atom is 0.169 e. The molecule has 20 heavy (non-hydrogen) atoms. The quantitative estimate of drug-likeness (QED) is 0.733. The van der Waals surface area contributed by atoms with E-state index in [-0.39, 0.29) is 41.5 Å². The molecule has 1 aromatic carbocycles. The summed E-state index contributed by atoms with van der Waals surface area (Å²) in [6.45, 7) is 3.22. The highest BCUT2D eigenvalue weighted by Crippen LogP contribution is 2.32. The molecule has 1 aliphatic heterocycles. The van der Waals surface area contributed by atoms with E-state index < -0.39 is 6.10 Å². The maximum absolute atomic E-state index is 12.2. The van der Waals surface area contributed by atoms with Gasteiger partial charge in [0.25, 0.3) is 0 Å². The van der Waals surface area contributed by atoms with Crippen molar-refractivity contribution in [1.29, 1.82) is 0 Å². The van der Waals surface area contributed by atoms with Gasteiger partial charge in [-0.15, -0.1) is 0 Å². The Bertz CT molecular complexity index is 509. The van der Waals surface area contributed by atoms with Gasteiger partial charge in [0.05, 0.1) is 23.9 Å². The van der Waals surface area contributed by atoms with E-state index in [0.717, 1.165) is 12.8 Å². The second-order valence-corrected chi connectivity index (χ2v) is 5.35. The second kappa shape index (κ2) is 5.81. The molecule has 3 N–H and O–H groups in total. The van der Waals surface area contributed by atoms with Crippen LogP contribution in [0.4, 0.5) is 0 Å². The molecule has 0 unspecified atom stereocenters. The van der Waals surface area contributed by atoms with Crippen LogP contribution < -0.4 is 0 Å². The van der Waals surface area contributed by atoms with Crippen molar-refractivity contribution < 1.29 is 24.9 Å². The first-order chi connectivity index (χ1) is 9.40. The van der Waals surface area contributed by atoms with Gasteiger partial charge in [0.1, 0.15) is 11.5 Å². The molecule has 1 heterocycles. The van der Waals surface area contributed by atoms with Crippen LogP contribution in [0.25, 0.3) is 0 Å². The lowest BCUT2D eigenvalue weighted by Gasteiger charge is -2.16. The van der Waals surface area contributed by atoms with Crippen LogP contribution in [0, 0.1) is 6.92 Å². The van der Waals surface area contributed by atoms with Crippen molar-refractivity contribution in [3.63, 3.8) is 0 Å². The average molecular weight is 280 g/mol. The van der Waals surface area contributed by atoms with Crippen LogP contribution in [0.3, 0.4) is 0 Å². The molecule has 1 fully saturated rings. The summed E-state index contributed by atoms with van der Waals surface area (Å²) in [5.41, 5.74) is 0.495. The highest BCUT2D eigenvalue weighted by atomic mass is 16.5. The van der Waals surface area contributed by atoms with Gasteiger partial charge in [-0.3, -0.25) is 4.79 Å². The number of carbonyl (C=O) groups is 1.